The summed E-state index contributed by atoms with van der Waals surface area (Å²) < 4.78 is 15.2. The molecule has 3 nitrogen and oxygen atoms in total. The monoisotopic (exact) mass is 402 g/mol. The van der Waals surface area contributed by atoms with Gasteiger partial charge in [-0.05, 0) is 80.5 Å². The van der Waals surface area contributed by atoms with E-state index in [-0.39, 0.29) is 11.2 Å². The first kappa shape index (κ1) is 19.3. The second-order valence-electron chi connectivity index (χ2n) is 9.14. The minimum atomic E-state index is -0.724. The molecule has 1 saturated carbocycles. The number of rotatable bonds is 4. The van der Waals surface area contributed by atoms with E-state index in [1.807, 2.05) is 10.9 Å². The molecule has 2 aromatic carbocycles. The van der Waals surface area contributed by atoms with Crippen molar-refractivity contribution in [3.8, 4) is 5.69 Å². The number of halogens is 1. The Kier molecular flexibility index (Phi) is 4.44. The molecule has 0 bridgehead atoms. The number of fused-ring (bicyclic) bond motifs is 2. The molecule has 0 aliphatic heterocycles. The van der Waals surface area contributed by atoms with Crippen LogP contribution in [0.2, 0.25) is 0 Å². The number of hydrogen-bond donors (Lipinski definition) is 1. The molecule has 5 rings (SSSR count). The molecule has 4 heteroatoms. The number of aromatic nitrogens is 2. The average molecular weight is 403 g/mol. The van der Waals surface area contributed by atoms with Gasteiger partial charge in [0.05, 0.1) is 23.2 Å². The largest absolute Gasteiger partial charge is 0.389 e. The van der Waals surface area contributed by atoms with E-state index in [0.717, 1.165) is 49.0 Å². The van der Waals surface area contributed by atoms with Gasteiger partial charge in [-0.3, -0.25) is 0 Å². The summed E-state index contributed by atoms with van der Waals surface area (Å²) in [5, 5.41) is 16.3. The lowest BCUT2D eigenvalue weighted by Crippen LogP contribution is -2.45. The van der Waals surface area contributed by atoms with Crippen molar-refractivity contribution in [2.75, 3.05) is 0 Å². The van der Waals surface area contributed by atoms with Gasteiger partial charge in [0, 0.05) is 5.41 Å². The van der Waals surface area contributed by atoms with Gasteiger partial charge in [0.2, 0.25) is 0 Å². The molecule has 0 unspecified atom stereocenters. The van der Waals surface area contributed by atoms with E-state index in [1.54, 1.807) is 12.1 Å². The molecule has 0 amide bonds. The van der Waals surface area contributed by atoms with Crippen LogP contribution in [-0.2, 0) is 12.8 Å². The maximum absolute atomic E-state index is 13.3. The Bertz CT molecular complexity index is 1130. The topological polar surface area (TPSA) is 38.1 Å². The van der Waals surface area contributed by atoms with Crippen molar-refractivity contribution in [3.05, 3.63) is 88.5 Å². The second kappa shape index (κ2) is 6.92. The van der Waals surface area contributed by atoms with E-state index >= 15 is 0 Å². The van der Waals surface area contributed by atoms with Crippen LogP contribution in [-0.4, -0.2) is 20.5 Å². The van der Waals surface area contributed by atoms with Crippen LogP contribution in [0.5, 0.6) is 0 Å². The Morgan fingerprint density at radius 2 is 1.97 bits per heavy atom. The standard InChI is InChI=1S/C26H27FN2O/c1-18-4-3-5-19(14-18)10-12-26(30)13-11-21-15-24-20(16-25(21,26)2)17-28-29(24)23-8-6-22(27)7-9-23/h3-9,14-15,17,30H,10-13,16H2,1-2H3/t25-,26-/m0/s1. The van der Waals surface area contributed by atoms with Crippen LogP contribution in [0, 0.1) is 18.2 Å². The van der Waals surface area contributed by atoms with Gasteiger partial charge in [0.15, 0.2) is 0 Å². The summed E-state index contributed by atoms with van der Waals surface area (Å²) in [5.74, 6) is -0.250. The first-order valence-corrected chi connectivity index (χ1v) is 10.7. The zero-order chi connectivity index (χ0) is 20.9. The second-order valence-corrected chi connectivity index (χ2v) is 9.14. The lowest BCUT2D eigenvalue weighted by atomic mass is 9.65. The van der Waals surface area contributed by atoms with Gasteiger partial charge >= 0.3 is 0 Å². The molecule has 1 heterocycles. The maximum atomic E-state index is 13.3. The Labute approximate surface area is 176 Å². The minimum absolute atomic E-state index is 0.250. The van der Waals surface area contributed by atoms with Gasteiger partial charge in [0.1, 0.15) is 5.82 Å². The maximum Gasteiger partial charge on any atom is 0.123 e. The molecule has 1 fully saturated rings. The van der Waals surface area contributed by atoms with Crippen molar-refractivity contribution in [1.82, 2.24) is 9.78 Å². The summed E-state index contributed by atoms with van der Waals surface area (Å²) in [4.78, 5) is 0. The third kappa shape index (κ3) is 3.02. The molecule has 2 aliphatic carbocycles. The number of nitrogens with zero attached hydrogens (tertiary/aromatic N) is 2. The van der Waals surface area contributed by atoms with E-state index in [9.17, 15) is 9.50 Å². The van der Waals surface area contributed by atoms with Crippen molar-refractivity contribution in [2.24, 2.45) is 5.41 Å². The summed E-state index contributed by atoms with van der Waals surface area (Å²) in [6, 6.07) is 15.0. The van der Waals surface area contributed by atoms with Crippen molar-refractivity contribution >= 4 is 6.08 Å². The van der Waals surface area contributed by atoms with Gasteiger partial charge in [0.25, 0.3) is 0 Å². The van der Waals surface area contributed by atoms with E-state index in [2.05, 4.69) is 49.3 Å². The highest BCUT2D eigenvalue weighted by atomic mass is 19.1. The molecule has 154 valence electrons. The SMILES string of the molecule is Cc1cccc(CC[C@]2(O)CCC3=Cc4c(cnn4-c4ccc(F)cc4)C[C@@]32C)c1. The molecule has 2 atom stereocenters. The predicted octanol–water partition coefficient (Wildman–Crippen LogP) is 5.42. The Morgan fingerprint density at radius 1 is 1.17 bits per heavy atom. The van der Waals surface area contributed by atoms with Gasteiger partial charge in [-0.2, -0.15) is 5.10 Å². The summed E-state index contributed by atoms with van der Waals surface area (Å²) >= 11 is 0. The van der Waals surface area contributed by atoms with E-state index < -0.39 is 5.60 Å². The highest BCUT2D eigenvalue weighted by molar-refractivity contribution is 5.62. The summed E-state index contributed by atoms with van der Waals surface area (Å²) in [6.07, 6.45) is 8.20. The van der Waals surface area contributed by atoms with Gasteiger partial charge in [-0.25, -0.2) is 9.07 Å². The fourth-order valence-electron chi connectivity index (χ4n) is 5.34. The molecular weight excluding hydrogens is 375 g/mol. The number of benzene rings is 2. The Morgan fingerprint density at radius 3 is 2.73 bits per heavy atom. The molecule has 1 N–H and O–H groups in total. The Balaban J connectivity index is 1.44. The van der Waals surface area contributed by atoms with Crippen LogP contribution in [0.4, 0.5) is 4.39 Å². The third-order valence-electron chi connectivity index (χ3n) is 7.27. The zero-order valence-corrected chi connectivity index (χ0v) is 17.5. The molecule has 1 aromatic heterocycles. The minimum Gasteiger partial charge on any atom is -0.389 e. The van der Waals surface area contributed by atoms with Crippen LogP contribution in [0.25, 0.3) is 11.8 Å². The summed E-state index contributed by atoms with van der Waals surface area (Å²) in [6.45, 7) is 4.32. The smallest absolute Gasteiger partial charge is 0.123 e. The van der Waals surface area contributed by atoms with Crippen LogP contribution in [0.1, 0.15) is 48.6 Å². The average Bonchev–Trinajstić information content (AvgIpc) is 3.24. The highest BCUT2D eigenvalue weighted by Gasteiger charge is 2.54. The van der Waals surface area contributed by atoms with Crippen LogP contribution in [0.3, 0.4) is 0 Å². The lowest BCUT2D eigenvalue weighted by Gasteiger charge is -2.42. The van der Waals surface area contributed by atoms with Gasteiger partial charge in [-0.15, -0.1) is 0 Å². The van der Waals surface area contributed by atoms with Gasteiger partial charge < -0.3 is 5.11 Å². The third-order valence-corrected chi connectivity index (χ3v) is 7.27. The molecule has 2 aliphatic rings. The predicted molar refractivity (Wildman–Crippen MR) is 117 cm³/mol. The summed E-state index contributed by atoms with van der Waals surface area (Å²) in [7, 11) is 0. The number of aryl methyl sites for hydroxylation is 2. The first-order valence-electron chi connectivity index (χ1n) is 10.7. The van der Waals surface area contributed by atoms with Crippen molar-refractivity contribution in [1.29, 1.82) is 0 Å². The van der Waals surface area contributed by atoms with Gasteiger partial charge in [-0.1, -0.05) is 42.3 Å². The lowest BCUT2D eigenvalue weighted by molar-refractivity contribution is -0.0461. The number of hydrogen-bond acceptors (Lipinski definition) is 2. The van der Waals surface area contributed by atoms with Crippen LogP contribution < -0.4 is 0 Å². The highest BCUT2D eigenvalue weighted by Crippen LogP contribution is 2.56. The first-order chi connectivity index (χ1) is 14.4. The quantitative estimate of drug-likeness (QED) is 0.632. The van der Waals surface area contributed by atoms with Crippen LogP contribution in [0.15, 0.2) is 60.3 Å². The molecule has 3 aromatic rings. The normalized spacial score (nSPS) is 25.0. The molecule has 0 spiro atoms. The number of aliphatic hydroxyl groups is 1. The van der Waals surface area contributed by atoms with Crippen molar-refractivity contribution < 1.29 is 9.50 Å². The Hall–Kier alpha value is -2.72. The van der Waals surface area contributed by atoms with E-state index in [4.69, 9.17) is 0 Å². The fraction of sp³-hybridized carbons (Fsp3) is 0.346. The summed E-state index contributed by atoms with van der Waals surface area (Å²) in [5.41, 5.74) is 5.88. The van der Waals surface area contributed by atoms with E-state index in [1.165, 1.54) is 28.8 Å². The fourth-order valence-corrected chi connectivity index (χ4v) is 5.34. The van der Waals surface area contributed by atoms with Crippen molar-refractivity contribution in [3.63, 3.8) is 0 Å². The molecule has 30 heavy (non-hydrogen) atoms. The van der Waals surface area contributed by atoms with Crippen LogP contribution >= 0.6 is 0 Å². The van der Waals surface area contributed by atoms with E-state index in [0.29, 0.717) is 0 Å². The zero-order valence-electron chi connectivity index (χ0n) is 17.5. The molecule has 0 saturated heterocycles. The molecular formula is C26H27FN2O. The molecule has 0 radical (unpaired) electrons. The van der Waals surface area contributed by atoms with Crippen molar-refractivity contribution in [2.45, 2.75) is 51.6 Å².